The Morgan fingerprint density at radius 2 is 1.50 bits per heavy atom. The fourth-order valence-electron chi connectivity index (χ4n) is 1.66. The van der Waals surface area contributed by atoms with E-state index >= 15 is 0 Å². The fourth-order valence-corrected chi connectivity index (χ4v) is 4.00. The second-order valence-electron chi connectivity index (χ2n) is 4.06. The van der Waals surface area contributed by atoms with E-state index in [-0.39, 0.29) is 0 Å². The Morgan fingerprint density at radius 3 is 1.94 bits per heavy atom. The van der Waals surface area contributed by atoms with Crippen LogP contribution >= 0.6 is 0 Å². The van der Waals surface area contributed by atoms with E-state index in [0.717, 1.165) is 29.4 Å². The first-order valence-electron chi connectivity index (χ1n) is 5.98. The maximum atomic E-state index is 5.39. The van der Waals surface area contributed by atoms with E-state index in [0.29, 0.717) is 0 Å². The zero-order valence-electron chi connectivity index (χ0n) is 11.4. The summed E-state index contributed by atoms with van der Waals surface area (Å²) in [6.45, 7) is 4.59. The third kappa shape index (κ3) is 6.12. The van der Waals surface area contributed by atoms with Gasteiger partial charge in [-0.2, -0.15) is 0 Å². The van der Waals surface area contributed by atoms with Gasteiger partial charge in [-0.05, 0) is 25.9 Å². The van der Waals surface area contributed by atoms with E-state index in [9.17, 15) is 0 Å². The topological polar surface area (TPSA) is 30.9 Å². The maximum Gasteiger partial charge on any atom is 0.500 e. The Hall–Kier alpha value is 0.274. The van der Waals surface area contributed by atoms with E-state index < -0.39 is 8.80 Å². The van der Waals surface area contributed by atoms with Gasteiger partial charge in [-0.15, -0.1) is 0 Å². The van der Waals surface area contributed by atoms with Crippen molar-refractivity contribution in [1.82, 2.24) is 4.57 Å². The highest BCUT2D eigenvalue weighted by Crippen LogP contribution is 2.15. The van der Waals surface area contributed by atoms with E-state index in [2.05, 4.69) is 11.5 Å². The van der Waals surface area contributed by atoms with Crippen molar-refractivity contribution in [1.29, 1.82) is 0 Å². The van der Waals surface area contributed by atoms with Gasteiger partial charge in [0.2, 0.25) is 0 Å². The molecule has 0 rings (SSSR count). The van der Waals surface area contributed by atoms with Crippen molar-refractivity contribution in [3.8, 4) is 0 Å². The van der Waals surface area contributed by atoms with Gasteiger partial charge in [0.1, 0.15) is 0 Å². The molecule has 16 heavy (non-hydrogen) atoms. The molecule has 0 saturated heterocycles. The molecule has 0 atom stereocenters. The predicted molar refractivity (Wildman–Crippen MR) is 72.6 cm³/mol. The van der Waals surface area contributed by atoms with Gasteiger partial charge in [0, 0.05) is 27.4 Å². The molecule has 0 aliphatic rings. The first kappa shape index (κ1) is 16.3. The van der Waals surface area contributed by atoms with Crippen LogP contribution in [0.15, 0.2) is 0 Å². The summed E-state index contributed by atoms with van der Waals surface area (Å²) in [7, 11) is 3.83. The Morgan fingerprint density at radius 1 is 1.00 bits per heavy atom. The number of rotatable bonds is 10. The molecule has 0 radical (unpaired) electrons. The quantitative estimate of drug-likeness (QED) is 0.542. The normalized spacial score (nSPS) is 12.6. The Kier molecular flexibility index (Phi) is 9.48. The van der Waals surface area contributed by atoms with Gasteiger partial charge < -0.3 is 17.8 Å². The Bertz CT molecular complexity index is 160. The lowest BCUT2D eigenvalue weighted by atomic mass is 10.3. The summed E-state index contributed by atoms with van der Waals surface area (Å²) in [4.78, 5) is 0. The van der Waals surface area contributed by atoms with Crippen LogP contribution < -0.4 is 0 Å². The summed E-state index contributed by atoms with van der Waals surface area (Å²) in [6.07, 6.45) is 3.66. The molecule has 0 aliphatic carbocycles. The van der Waals surface area contributed by atoms with Crippen molar-refractivity contribution in [3.63, 3.8) is 0 Å². The van der Waals surface area contributed by atoms with Crippen LogP contribution in [0.2, 0.25) is 6.04 Å². The molecule has 0 unspecified atom stereocenters. The molecule has 0 spiro atoms. The lowest BCUT2D eigenvalue weighted by Gasteiger charge is -2.25. The molecule has 0 fully saturated rings. The van der Waals surface area contributed by atoms with Crippen molar-refractivity contribution in [2.24, 2.45) is 0 Å². The van der Waals surface area contributed by atoms with Crippen LogP contribution in [0, 0.1) is 0 Å². The zero-order valence-corrected chi connectivity index (χ0v) is 14.4. The molecule has 0 aromatic carbocycles. The van der Waals surface area contributed by atoms with Gasteiger partial charge >= 0.3 is 8.80 Å². The average Bonchev–Trinajstić information content (AvgIpc) is 2.33. The van der Waals surface area contributed by atoms with Crippen molar-refractivity contribution >= 4 is 19.2 Å². The van der Waals surface area contributed by atoms with Crippen LogP contribution in [0.5, 0.6) is 0 Å². The molecule has 6 heteroatoms. The molecule has 0 saturated carbocycles. The second kappa shape index (κ2) is 9.32. The summed E-state index contributed by atoms with van der Waals surface area (Å²) in [5, 5.41) is 0. The van der Waals surface area contributed by atoms with Gasteiger partial charge in [-0.25, -0.2) is 0 Å². The second-order valence-corrected chi connectivity index (χ2v) is 8.41. The number of hydrogen-bond acceptors (Lipinski definition) is 4. The minimum absolute atomic E-state index is 0.904. The highest BCUT2D eigenvalue weighted by Gasteiger charge is 2.36. The van der Waals surface area contributed by atoms with Crippen molar-refractivity contribution in [2.45, 2.75) is 32.2 Å². The minimum Gasteiger partial charge on any atom is -0.377 e. The molecular weight excluding hydrogens is 238 g/mol. The van der Waals surface area contributed by atoms with Crippen LogP contribution in [0.1, 0.15) is 26.2 Å². The van der Waals surface area contributed by atoms with E-state index in [1.54, 1.807) is 21.3 Å². The SMILES string of the molecule is CCCCN([SiH3])CCC[Si](OC)(OC)OC. The van der Waals surface area contributed by atoms with Crippen LogP contribution in [-0.4, -0.2) is 58.2 Å². The summed E-state index contributed by atoms with van der Waals surface area (Å²) >= 11 is 0. The average molecular weight is 266 g/mol. The summed E-state index contributed by atoms with van der Waals surface area (Å²) in [6, 6.07) is 0.904. The summed E-state index contributed by atoms with van der Waals surface area (Å²) in [5.74, 6) is 0. The smallest absolute Gasteiger partial charge is 0.377 e. The number of nitrogens with zero attached hydrogens (tertiary/aromatic N) is 1. The molecule has 0 aliphatic heterocycles. The molecule has 98 valence electrons. The largest absolute Gasteiger partial charge is 0.500 e. The number of unbranched alkanes of at least 4 members (excludes halogenated alkanes) is 1. The van der Waals surface area contributed by atoms with Crippen LogP contribution in [-0.2, 0) is 13.3 Å². The van der Waals surface area contributed by atoms with Crippen LogP contribution in [0.25, 0.3) is 0 Å². The van der Waals surface area contributed by atoms with E-state index in [1.165, 1.54) is 19.4 Å². The molecule has 4 nitrogen and oxygen atoms in total. The lowest BCUT2D eigenvalue weighted by molar-refractivity contribution is 0.122. The van der Waals surface area contributed by atoms with Gasteiger partial charge in [0.25, 0.3) is 0 Å². The molecule has 0 heterocycles. The van der Waals surface area contributed by atoms with E-state index in [4.69, 9.17) is 13.3 Å². The monoisotopic (exact) mass is 265 g/mol. The number of hydrogen-bond donors (Lipinski definition) is 0. The molecule has 0 bridgehead atoms. The van der Waals surface area contributed by atoms with Crippen molar-refractivity contribution < 1.29 is 13.3 Å². The van der Waals surface area contributed by atoms with Crippen molar-refractivity contribution in [2.75, 3.05) is 34.4 Å². The third-order valence-corrected chi connectivity index (χ3v) is 6.58. The molecular formula is C10H27NO3Si2. The molecule has 0 amide bonds. The maximum absolute atomic E-state index is 5.39. The van der Waals surface area contributed by atoms with Gasteiger partial charge in [-0.3, -0.25) is 0 Å². The third-order valence-electron chi connectivity index (χ3n) is 2.85. The standard InChI is InChI=1S/C10H27NO3Si2/c1-5-6-8-11(15)9-7-10-16(12-2,13-3)14-4/h5-10H2,1-4,15H3. The van der Waals surface area contributed by atoms with Crippen LogP contribution in [0.4, 0.5) is 0 Å². The molecule has 0 N–H and O–H groups in total. The van der Waals surface area contributed by atoms with Gasteiger partial charge in [0.05, 0.1) is 10.4 Å². The highest BCUT2D eigenvalue weighted by atomic mass is 28.4. The molecule has 0 aromatic heterocycles. The minimum atomic E-state index is -2.33. The van der Waals surface area contributed by atoms with Crippen molar-refractivity contribution in [3.05, 3.63) is 0 Å². The fraction of sp³-hybridized carbons (Fsp3) is 1.00. The lowest BCUT2D eigenvalue weighted by Crippen LogP contribution is -2.43. The first-order chi connectivity index (χ1) is 7.64. The van der Waals surface area contributed by atoms with Crippen LogP contribution in [0.3, 0.4) is 0 Å². The van der Waals surface area contributed by atoms with E-state index in [1.807, 2.05) is 0 Å². The first-order valence-corrected chi connectivity index (χ1v) is 8.80. The highest BCUT2D eigenvalue weighted by molar-refractivity contribution is 6.60. The predicted octanol–water partition coefficient (Wildman–Crippen LogP) is 0.637. The summed E-state index contributed by atoms with van der Waals surface area (Å²) < 4.78 is 18.6. The summed E-state index contributed by atoms with van der Waals surface area (Å²) in [5.41, 5.74) is 0. The Labute approximate surface area is 104 Å². The Balaban J connectivity index is 3.77. The molecule has 0 aromatic rings. The van der Waals surface area contributed by atoms with Gasteiger partial charge in [0.15, 0.2) is 0 Å². The zero-order chi connectivity index (χ0) is 12.4. The van der Waals surface area contributed by atoms with Gasteiger partial charge in [-0.1, -0.05) is 13.3 Å².